The summed E-state index contributed by atoms with van der Waals surface area (Å²) in [5.74, 6) is -0.256. The molecule has 1 N–H and O–H groups in total. The van der Waals surface area contributed by atoms with E-state index in [2.05, 4.69) is 5.32 Å². The van der Waals surface area contributed by atoms with E-state index in [0.29, 0.717) is 16.5 Å². The van der Waals surface area contributed by atoms with Crippen molar-refractivity contribution in [3.63, 3.8) is 0 Å². The highest BCUT2D eigenvalue weighted by Crippen LogP contribution is 2.26. The number of hydrogen-bond donors (Lipinski definition) is 1. The van der Waals surface area contributed by atoms with Crippen molar-refractivity contribution in [1.29, 1.82) is 0 Å². The molecule has 0 aromatic heterocycles. The fraction of sp³-hybridized carbons (Fsp3) is 0.333. The van der Waals surface area contributed by atoms with E-state index in [4.69, 9.17) is 16.3 Å². The Balaban J connectivity index is 2.03. The Morgan fingerprint density at radius 3 is 2.25 bits per heavy atom. The van der Waals surface area contributed by atoms with Gasteiger partial charge in [0.15, 0.2) is 0 Å². The average Bonchev–Trinajstić information content (AvgIpc) is 2.94. The highest BCUT2D eigenvalue weighted by Gasteiger charge is 2.32. The van der Waals surface area contributed by atoms with Crippen molar-refractivity contribution in [2.75, 3.05) is 18.0 Å². The van der Waals surface area contributed by atoms with E-state index in [1.165, 1.54) is 29.2 Å². The Morgan fingerprint density at radius 1 is 1.00 bits per heavy atom. The van der Waals surface area contributed by atoms with Crippen molar-refractivity contribution in [3.8, 4) is 5.75 Å². The van der Waals surface area contributed by atoms with Crippen LogP contribution in [-0.2, 0) is 26.2 Å². The number of anilines is 1. The van der Waals surface area contributed by atoms with Crippen LogP contribution in [-0.4, -0.2) is 50.9 Å². The molecule has 3 rings (SSSR count). The summed E-state index contributed by atoms with van der Waals surface area (Å²) in [7, 11) is -2.61. The molecule has 0 aliphatic rings. The van der Waals surface area contributed by atoms with Crippen LogP contribution in [0.1, 0.15) is 38.3 Å². The molecule has 0 saturated heterocycles. The van der Waals surface area contributed by atoms with E-state index in [-0.39, 0.29) is 23.4 Å². The number of rotatable bonds is 12. The molecule has 2 amide bonds. The van der Waals surface area contributed by atoms with E-state index in [9.17, 15) is 18.0 Å². The van der Waals surface area contributed by atoms with Gasteiger partial charge in [0.05, 0.1) is 17.7 Å². The van der Waals surface area contributed by atoms with Gasteiger partial charge < -0.3 is 15.0 Å². The number of ether oxygens (including phenoxy) is 1. The van der Waals surface area contributed by atoms with Crippen LogP contribution in [0, 0.1) is 6.92 Å². The average molecular weight is 586 g/mol. The molecule has 0 bridgehead atoms. The molecule has 0 aliphatic heterocycles. The lowest BCUT2D eigenvalue weighted by Gasteiger charge is -2.32. The van der Waals surface area contributed by atoms with Crippen LogP contribution < -0.4 is 14.4 Å². The van der Waals surface area contributed by atoms with Gasteiger partial charge in [-0.15, -0.1) is 0 Å². The third-order valence-corrected chi connectivity index (χ3v) is 8.70. The number of benzene rings is 3. The standard InChI is InChI=1S/C30H36ClN3O5S/c1-6-22(3)32-30(36)23(4)33(19-24-8-7-9-27(18-24)39-5)29(35)20-34(26-14-10-21(2)11-15-26)40(37,38)28-16-12-25(31)13-17-28/h7-18,22-23H,6,19-20H2,1-5H3,(H,32,36)/t22-,23+/m1/s1. The normalized spacial score (nSPS) is 12.8. The van der Waals surface area contributed by atoms with Crippen molar-refractivity contribution >= 4 is 39.1 Å². The Hall–Kier alpha value is -3.56. The van der Waals surface area contributed by atoms with Gasteiger partial charge in [-0.2, -0.15) is 0 Å². The van der Waals surface area contributed by atoms with Crippen molar-refractivity contribution in [2.45, 2.75) is 57.6 Å². The minimum absolute atomic E-state index is 0.00724. The number of carbonyl (C=O) groups is 2. The summed E-state index contributed by atoms with van der Waals surface area (Å²) in [5.41, 5.74) is 2.00. The minimum atomic E-state index is -4.16. The highest BCUT2D eigenvalue weighted by molar-refractivity contribution is 7.92. The summed E-state index contributed by atoms with van der Waals surface area (Å²) in [4.78, 5) is 28.5. The Kier molecular flexibility index (Phi) is 10.6. The van der Waals surface area contributed by atoms with E-state index in [1.54, 1.807) is 56.5 Å². The van der Waals surface area contributed by atoms with Gasteiger partial charge in [0.25, 0.3) is 10.0 Å². The summed E-state index contributed by atoms with van der Waals surface area (Å²) in [6.45, 7) is 6.93. The van der Waals surface area contributed by atoms with Gasteiger partial charge in [0.2, 0.25) is 11.8 Å². The van der Waals surface area contributed by atoms with Crippen molar-refractivity contribution in [2.24, 2.45) is 0 Å². The fourth-order valence-corrected chi connectivity index (χ4v) is 5.53. The van der Waals surface area contributed by atoms with Crippen LogP contribution in [0.5, 0.6) is 5.75 Å². The Bertz CT molecular complexity index is 1410. The van der Waals surface area contributed by atoms with Gasteiger partial charge in [0.1, 0.15) is 18.3 Å². The lowest BCUT2D eigenvalue weighted by atomic mass is 10.1. The van der Waals surface area contributed by atoms with Gasteiger partial charge in [-0.25, -0.2) is 8.42 Å². The maximum Gasteiger partial charge on any atom is 0.264 e. The number of methoxy groups -OCH3 is 1. The molecule has 0 fully saturated rings. The number of sulfonamides is 1. The Labute approximate surface area is 241 Å². The number of halogens is 1. The Morgan fingerprint density at radius 2 is 1.65 bits per heavy atom. The van der Waals surface area contributed by atoms with Crippen LogP contribution in [0.15, 0.2) is 77.7 Å². The molecule has 0 aliphatic carbocycles. The third kappa shape index (κ3) is 7.76. The second kappa shape index (κ2) is 13.7. The minimum Gasteiger partial charge on any atom is -0.497 e. The first-order valence-electron chi connectivity index (χ1n) is 13.0. The molecule has 0 unspecified atom stereocenters. The third-order valence-electron chi connectivity index (χ3n) is 6.66. The molecule has 2 atom stereocenters. The second-order valence-electron chi connectivity index (χ2n) is 9.67. The van der Waals surface area contributed by atoms with Crippen LogP contribution in [0.25, 0.3) is 0 Å². The van der Waals surface area contributed by atoms with Gasteiger partial charge in [-0.3, -0.25) is 13.9 Å². The smallest absolute Gasteiger partial charge is 0.264 e. The predicted octanol–water partition coefficient (Wildman–Crippen LogP) is 5.18. The zero-order chi connectivity index (χ0) is 29.4. The van der Waals surface area contributed by atoms with E-state index in [0.717, 1.165) is 21.9 Å². The number of nitrogens with one attached hydrogen (secondary N) is 1. The van der Waals surface area contributed by atoms with Crippen molar-refractivity contribution in [1.82, 2.24) is 10.2 Å². The lowest BCUT2D eigenvalue weighted by Crippen LogP contribution is -2.52. The summed E-state index contributed by atoms with van der Waals surface area (Å²) in [6.07, 6.45) is 0.725. The van der Waals surface area contributed by atoms with E-state index < -0.39 is 28.5 Å². The van der Waals surface area contributed by atoms with Gasteiger partial charge in [-0.05, 0) is 81.3 Å². The molecule has 0 heterocycles. The van der Waals surface area contributed by atoms with E-state index >= 15 is 0 Å². The van der Waals surface area contributed by atoms with Crippen LogP contribution >= 0.6 is 11.6 Å². The van der Waals surface area contributed by atoms with Gasteiger partial charge in [0, 0.05) is 17.6 Å². The molecule has 0 spiro atoms. The van der Waals surface area contributed by atoms with Crippen molar-refractivity contribution < 1.29 is 22.7 Å². The summed E-state index contributed by atoms with van der Waals surface area (Å²) < 4.78 is 34.1. The largest absolute Gasteiger partial charge is 0.497 e. The maximum atomic E-state index is 14.0. The van der Waals surface area contributed by atoms with Crippen molar-refractivity contribution in [3.05, 3.63) is 88.9 Å². The monoisotopic (exact) mass is 585 g/mol. The SMILES string of the molecule is CC[C@@H](C)NC(=O)[C@H](C)N(Cc1cccc(OC)c1)C(=O)CN(c1ccc(C)cc1)S(=O)(=O)c1ccc(Cl)cc1. The first-order valence-corrected chi connectivity index (χ1v) is 14.9. The zero-order valence-electron chi connectivity index (χ0n) is 23.4. The van der Waals surface area contributed by atoms with Crippen LogP contribution in [0.3, 0.4) is 0 Å². The summed E-state index contributed by atoms with van der Waals surface area (Å²) in [6, 6.07) is 18.9. The number of aryl methyl sites for hydroxylation is 1. The molecule has 0 radical (unpaired) electrons. The summed E-state index contributed by atoms with van der Waals surface area (Å²) in [5, 5.41) is 3.31. The number of hydrogen-bond acceptors (Lipinski definition) is 5. The number of amides is 2. The van der Waals surface area contributed by atoms with Gasteiger partial charge >= 0.3 is 0 Å². The summed E-state index contributed by atoms with van der Waals surface area (Å²) >= 11 is 6.00. The molecule has 10 heteroatoms. The molecule has 8 nitrogen and oxygen atoms in total. The van der Waals surface area contributed by atoms with Crippen LogP contribution in [0.2, 0.25) is 5.02 Å². The molecule has 3 aromatic rings. The molecule has 214 valence electrons. The topological polar surface area (TPSA) is 96.0 Å². The maximum absolute atomic E-state index is 14.0. The number of carbonyl (C=O) groups excluding carboxylic acids is 2. The zero-order valence-corrected chi connectivity index (χ0v) is 25.0. The molecular formula is C30H36ClN3O5S. The molecular weight excluding hydrogens is 550 g/mol. The number of nitrogens with zero attached hydrogens (tertiary/aromatic N) is 2. The second-order valence-corrected chi connectivity index (χ2v) is 12.0. The van der Waals surface area contributed by atoms with Crippen LogP contribution in [0.4, 0.5) is 5.69 Å². The first-order chi connectivity index (χ1) is 19.0. The van der Waals surface area contributed by atoms with E-state index in [1.807, 2.05) is 26.8 Å². The first kappa shape index (κ1) is 31.0. The predicted molar refractivity (Wildman–Crippen MR) is 158 cm³/mol. The lowest BCUT2D eigenvalue weighted by molar-refractivity contribution is -0.139. The molecule has 3 aromatic carbocycles. The highest BCUT2D eigenvalue weighted by atomic mass is 35.5. The molecule has 40 heavy (non-hydrogen) atoms. The fourth-order valence-electron chi connectivity index (χ4n) is 3.99. The quantitative estimate of drug-likeness (QED) is 0.316. The van der Waals surface area contributed by atoms with Gasteiger partial charge in [-0.1, -0.05) is 48.4 Å². The molecule has 0 saturated carbocycles.